The summed E-state index contributed by atoms with van der Waals surface area (Å²) in [5, 5.41) is 6.78. The Morgan fingerprint density at radius 2 is 1.90 bits per heavy atom. The van der Waals surface area contributed by atoms with Gasteiger partial charge in [-0.3, -0.25) is 0 Å². The van der Waals surface area contributed by atoms with Crippen LogP contribution >= 0.6 is 22.6 Å². The number of amides is 2. The van der Waals surface area contributed by atoms with Crippen LogP contribution in [0, 0.1) is 3.57 Å². The Bertz CT molecular complexity index is 766. The first-order valence-electron chi connectivity index (χ1n) is 6.12. The number of aromatic nitrogens is 1. The molecule has 0 bridgehead atoms. The largest absolute Gasteiger partial charge is 0.361 e. The van der Waals surface area contributed by atoms with E-state index < -0.39 is 0 Å². The second kappa shape index (κ2) is 5.54. The van der Waals surface area contributed by atoms with E-state index in [1.54, 1.807) is 0 Å². The van der Waals surface area contributed by atoms with Crippen LogP contribution in [0.3, 0.4) is 0 Å². The molecule has 1 heterocycles. The molecule has 0 saturated carbocycles. The highest BCUT2D eigenvalue weighted by molar-refractivity contribution is 14.1. The quantitative estimate of drug-likeness (QED) is 0.569. The number of halogens is 1. The molecule has 0 aliphatic heterocycles. The Balaban J connectivity index is 1.74. The Morgan fingerprint density at radius 1 is 1.05 bits per heavy atom. The molecule has 20 heavy (non-hydrogen) atoms. The van der Waals surface area contributed by atoms with E-state index in [1.807, 2.05) is 54.7 Å². The van der Waals surface area contributed by atoms with Gasteiger partial charge in [0.05, 0.1) is 5.69 Å². The molecule has 0 aliphatic rings. The van der Waals surface area contributed by atoms with Crippen LogP contribution in [0.1, 0.15) is 0 Å². The number of urea groups is 1. The number of hydrogen-bond acceptors (Lipinski definition) is 1. The number of H-pyrrole nitrogens is 1. The van der Waals surface area contributed by atoms with Crippen molar-refractivity contribution in [2.24, 2.45) is 0 Å². The van der Waals surface area contributed by atoms with Crippen LogP contribution in [0.5, 0.6) is 0 Å². The molecule has 2 aromatic carbocycles. The molecule has 3 N–H and O–H groups in total. The molecule has 2 amide bonds. The molecule has 0 radical (unpaired) electrons. The fraction of sp³-hybridized carbons (Fsp3) is 0. The lowest BCUT2D eigenvalue weighted by molar-refractivity contribution is 0.262. The van der Waals surface area contributed by atoms with Gasteiger partial charge in [-0.25, -0.2) is 4.79 Å². The average molecular weight is 377 g/mol. The van der Waals surface area contributed by atoms with E-state index in [2.05, 4.69) is 38.2 Å². The standard InChI is InChI=1S/C15H12IN3O/c16-12-3-1-2-4-13(12)19-15(20)18-11-6-5-10-7-8-17-14(10)9-11/h1-9,17H,(H2,18,19,20). The van der Waals surface area contributed by atoms with Crippen molar-refractivity contribution in [3.63, 3.8) is 0 Å². The summed E-state index contributed by atoms with van der Waals surface area (Å²) < 4.78 is 1.00. The number of para-hydroxylation sites is 1. The highest BCUT2D eigenvalue weighted by Gasteiger charge is 2.05. The fourth-order valence-corrected chi connectivity index (χ4v) is 2.50. The summed E-state index contributed by atoms with van der Waals surface area (Å²) in [6, 6.07) is 15.1. The van der Waals surface area contributed by atoms with E-state index in [4.69, 9.17) is 0 Å². The average Bonchev–Trinajstić information content (AvgIpc) is 2.89. The van der Waals surface area contributed by atoms with E-state index >= 15 is 0 Å². The zero-order valence-electron chi connectivity index (χ0n) is 10.5. The molecule has 5 heteroatoms. The number of anilines is 2. The number of nitrogens with one attached hydrogen (secondary N) is 3. The molecule has 0 saturated heterocycles. The number of fused-ring (bicyclic) bond motifs is 1. The molecular weight excluding hydrogens is 365 g/mol. The summed E-state index contributed by atoms with van der Waals surface area (Å²) in [5.41, 5.74) is 2.55. The predicted octanol–water partition coefficient (Wildman–Crippen LogP) is 4.42. The fourth-order valence-electron chi connectivity index (χ4n) is 1.97. The number of aromatic amines is 1. The maximum atomic E-state index is 12.0. The highest BCUT2D eigenvalue weighted by Crippen LogP contribution is 2.19. The highest BCUT2D eigenvalue weighted by atomic mass is 127. The first-order chi connectivity index (χ1) is 9.72. The van der Waals surface area contributed by atoms with Crippen molar-refractivity contribution in [3.8, 4) is 0 Å². The monoisotopic (exact) mass is 377 g/mol. The summed E-state index contributed by atoms with van der Waals surface area (Å²) in [6.07, 6.45) is 1.88. The smallest absolute Gasteiger partial charge is 0.323 e. The van der Waals surface area contributed by atoms with Crippen molar-refractivity contribution in [1.82, 2.24) is 4.98 Å². The van der Waals surface area contributed by atoms with E-state index in [9.17, 15) is 4.79 Å². The molecule has 0 atom stereocenters. The summed E-state index contributed by atoms with van der Waals surface area (Å²) in [5.74, 6) is 0. The molecular formula is C15H12IN3O. The number of rotatable bonds is 2. The van der Waals surface area contributed by atoms with Crippen LogP contribution in [-0.4, -0.2) is 11.0 Å². The molecule has 1 aromatic heterocycles. The third-order valence-corrected chi connectivity index (χ3v) is 3.88. The predicted molar refractivity (Wildman–Crippen MR) is 90.1 cm³/mol. The van der Waals surface area contributed by atoms with Crippen LogP contribution in [0.25, 0.3) is 10.9 Å². The SMILES string of the molecule is O=C(Nc1ccc2cc[nH]c2c1)Nc1ccccc1I. The van der Waals surface area contributed by atoms with Crippen molar-refractivity contribution in [2.75, 3.05) is 10.6 Å². The van der Waals surface area contributed by atoms with Gasteiger partial charge in [-0.05, 0) is 58.3 Å². The van der Waals surface area contributed by atoms with Crippen LogP contribution in [0.2, 0.25) is 0 Å². The van der Waals surface area contributed by atoms with Crippen molar-refractivity contribution in [2.45, 2.75) is 0 Å². The summed E-state index contributed by atoms with van der Waals surface area (Å²) in [7, 11) is 0. The van der Waals surface area contributed by atoms with Gasteiger partial charge >= 0.3 is 6.03 Å². The summed E-state index contributed by atoms with van der Waals surface area (Å²) >= 11 is 2.19. The number of carbonyl (C=O) groups is 1. The van der Waals surface area contributed by atoms with Crippen LogP contribution < -0.4 is 10.6 Å². The topological polar surface area (TPSA) is 56.9 Å². The van der Waals surface area contributed by atoms with E-state index in [0.29, 0.717) is 0 Å². The van der Waals surface area contributed by atoms with Gasteiger partial charge in [0.2, 0.25) is 0 Å². The Labute approximate surface area is 129 Å². The first-order valence-corrected chi connectivity index (χ1v) is 7.20. The minimum Gasteiger partial charge on any atom is -0.361 e. The number of benzene rings is 2. The normalized spacial score (nSPS) is 10.4. The second-order valence-electron chi connectivity index (χ2n) is 4.34. The Kier molecular flexibility index (Phi) is 3.60. The van der Waals surface area contributed by atoms with E-state index in [-0.39, 0.29) is 6.03 Å². The molecule has 0 aliphatic carbocycles. The third-order valence-electron chi connectivity index (χ3n) is 2.93. The van der Waals surface area contributed by atoms with Gasteiger partial charge in [-0.1, -0.05) is 18.2 Å². The second-order valence-corrected chi connectivity index (χ2v) is 5.50. The lowest BCUT2D eigenvalue weighted by atomic mass is 10.2. The van der Waals surface area contributed by atoms with Gasteiger partial charge in [-0.2, -0.15) is 0 Å². The van der Waals surface area contributed by atoms with Gasteiger partial charge < -0.3 is 15.6 Å². The molecule has 3 aromatic rings. The molecule has 0 spiro atoms. The van der Waals surface area contributed by atoms with Gasteiger partial charge in [0.1, 0.15) is 0 Å². The maximum Gasteiger partial charge on any atom is 0.323 e. The van der Waals surface area contributed by atoms with E-state index in [1.165, 1.54) is 0 Å². The van der Waals surface area contributed by atoms with Gasteiger partial charge in [0, 0.05) is 21.0 Å². The minimum absolute atomic E-state index is 0.250. The lowest BCUT2D eigenvalue weighted by Gasteiger charge is -2.09. The van der Waals surface area contributed by atoms with Crippen molar-refractivity contribution in [3.05, 3.63) is 58.3 Å². The minimum atomic E-state index is -0.250. The van der Waals surface area contributed by atoms with Crippen molar-refractivity contribution >= 4 is 50.9 Å². The zero-order chi connectivity index (χ0) is 13.9. The third kappa shape index (κ3) is 2.77. The number of carbonyl (C=O) groups excluding carboxylic acids is 1. The van der Waals surface area contributed by atoms with Gasteiger partial charge in [0.15, 0.2) is 0 Å². The van der Waals surface area contributed by atoms with Crippen molar-refractivity contribution < 1.29 is 4.79 Å². The molecule has 0 fully saturated rings. The van der Waals surface area contributed by atoms with Crippen LogP contribution in [-0.2, 0) is 0 Å². The molecule has 4 nitrogen and oxygen atoms in total. The molecule has 0 unspecified atom stereocenters. The van der Waals surface area contributed by atoms with E-state index in [0.717, 1.165) is 25.8 Å². The van der Waals surface area contributed by atoms with Crippen molar-refractivity contribution in [1.29, 1.82) is 0 Å². The van der Waals surface area contributed by atoms with Crippen LogP contribution in [0.15, 0.2) is 54.7 Å². The van der Waals surface area contributed by atoms with Crippen LogP contribution in [0.4, 0.5) is 16.2 Å². The summed E-state index contributed by atoms with van der Waals surface area (Å²) in [6.45, 7) is 0. The Hall–Kier alpha value is -2.02. The number of hydrogen-bond donors (Lipinski definition) is 3. The maximum absolute atomic E-state index is 12.0. The van der Waals surface area contributed by atoms with Gasteiger partial charge in [-0.15, -0.1) is 0 Å². The van der Waals surface area contributed by atoms with Gasteiger partial charge in [0.25, 0.3) is 0 Å². The Morgan fingerprint density at radius 3 is 2.75 bits per heavy atom. The lowest BCUT2D eigenvalue weighted by Crippen LogP contribution is -2.19. The first kappa shape index (κ1) is 13.0. The molecule has 3 rings (SSSR count). The zero-order valence-corrected chi connectivity index (χ0v) is 12.6. The molecule has 100 valence electrons. The summed E-state index contributed by atoms with van der Waals surface area (Å²) in [4.78, 5) is 15.1.